The van der Waals surface area contributed by atoms with Gasteiger partial charge in [-0.15, -0.1) is 0 Å². The Bertz CT molecular complexity index is 1840. The van der Waals surface area contributed by atoms with E-state index < -0.39 is 10.1 Å². The fraction of sp³-hybridized carbons (Fsp3) is 0.353. The zero-order valence-electron chi connectivity index (χ0n) is 26.1. The van der Waals surface area contributed by atoms with Gasteiger partial charge in [0.05, 0.1) is 45.2 Å². The summed E-state index contributed by atoms with van der Waals surface area (Å²) >= 11 is 0. The molecule has 0 aliphatic carbocycles. The molecular formula is C34H39N3O8S. The van der Waals surface area contributed by atoms with E-state index in [-0.39, 0.29) is 23.9 Å². The molecule has 0 saturated heterocycles. The van der Waals surface area contributed by atoms with E-state index in [1.165, 1.54) is 11.5 Å². The maximum absolute atomic E-state index is 11.6. The van der Waals surface area contributed by atoms with E-state index in [1.807, 2.05) is 43.7 Å². The Morgan fingerprint density at radius 1 is 0.739 bits per heavy atom. The number of hydrogen-bond acceptors (Lipinski definition) is 9. The summed E-state index contributed by atoms with van der Waals surface area (Å²) in [5.74, 6) is 0.653. The SMILES string of the molecule is CCCc1ccc(S(=O)(=O)O)c(OCCOCCOCCOCCOc2ccc(-c3ccc4c5cnccc5n(C)c4c3)cn2)c1. The quantitative estimate of drug-likeness (QED) is 0.0960. The molecule has 0 saturated carbocycles. The highest BCUT2D eigenvalue weighted by atomic mass is 32.2. The maximum Gasteiger partial charge on any atom is 0.298 e. The highest BCUT2D eigenvalue weighted by Crippen LogP contribution is 2.31. The van der Waals surface area contributed by atoms with Gasteiger partial charge in [-0.3, -0.25) is 9.54 Å². The Balaban J connectivity index is 0.929. The van der Waals surface area contributed by atoms with E-state index in [9.17, 15) is 13.0 Å². The molecule has 0 fully saturated rings. The lowest BCUT2D eigenvalue weighted by molar-refractivity contribution is 0.00466. The van der Waals surface area contributed by atoms with Crippen molar-refractivity contribution in [1.29, 1.82) is 0 Å². The van der Waals surface area contributed by atoms with Crippen LogP contribution in [0.1, 0.15) is 18.9 Å². The third kappa shape index (κ3) is 8.59. The number of aryl methyl sites for hydroxylation is 2. The number of hydrogen-bond donors (Lipinski definition) is 1. The highest BCUT2D eigenvalue weighted by Gasteiger charge is 2.17. The zero-order chi connectivity index (χ0) is 32.4. The summed E-state index contributed by atoms with van der Waals surface area (Å²) in [6, 6.07) is 17.0. The molecule has 0 atom stereocenters. The maximum atomic E-state index is 11.6. The van der Waals surface area contributed by atoms with Crippen LogP contribution in [0.25, 0.3) is 32.9 Å². The zero-order valence-corrected chi connectivity index (χ0v) is 26.9. The van der Waals surface area contributed by atoms with Gasteiger partial charge in [0.25, 0.3) is 10.1 Å². The van der Waals surface area contributed by atoms with Crippen LogP contribution in [-0.4, -0.2) is 80.4 Å². The molecule has 2 aromatic carbocycles. The third-order valence-electron chi connectivity index (χ3n) is 7.41. The Labute approximate surface area is 268 Å². The van der Waals surface area contributed by atoms with Gasteiger partial charge in [-0.2, -0.15) is 8.42 Å². The molecule has 11 nitrogen and oxygen atoms in total. The molecule has 3 aromatic heterocycles. The molecule has 5 rings (SSSR count). The van der Waals surface area contributed by atoms with Gasteiger partial charge in [0.1, 0.15) is 23.9 Å². The third-order valence-corrected chi connectivity index (χ3v) is 8.30. The summed E-state index contributed by atoms with van der Waals surface area (Å²) in [7, 11) is -2.31. The second-order valence-corrected chi connectivity index (χ2v) is 12.0. The Morgan fingerprint density at radius 2 is 1.43 bits per heavy atom. The summed E-state index contributed by atoms with van der Waals surface area (Å²) in [5.41, 5.74) is 5.31. The first kappa shape index (κ1) is 33.3. The number of rotatable bonds is 18. The van der Waals surface area contributed by atoms with Crippen molar-refractivity contribution in [3.8, 4) is 22.8 Å². The summed E-state index contributed by atoms with van der Waals surface area (Å²) in [6.07, 6.45) is 7.21. The van der Waals surface area contributed by atoms with Crippen LogP contribution in [-0.2, 0) is 37.8 Å². The van der Waals surface area contributed by atoms with Crippen LogP contribution in [0.5, 0.6) is 11.6 Å². The molecule has 1 N–H and O–H groups in total. The van der Waals surface area contributed by atoms with Gasteiger partial charge in [-0.1, -0.05) is 31.5 Å². The number of aromatic nitrogens is 3. The largest absolute Gasteiger partial charge is 0.490 e. The van der Waals surface area contributed by atoms with E-state index >= 15 is 0 Å². The minimum absolute atomic E-state index is 0.121. The van der Waals surface area contributed by atoms with Crippen molar-refractivity contribution in [3.05, 3.63) is 78.8 Å². The summed E-state index contributed by atoms with van der Waals surface area (Å²) in [6.45, 7) is 4.73. The number of ether oxygens (including phenoxy) is 5. The van der Waals surface area contributed by atoms with Gasteiger partial charge in [0, 0.05) is 53.6 Å². The molecule has 46 heavy (non-hydrogen) atoms. The number of fused-ring (bicyclic) bond motifs is 3. The smallest absolute Gasteiger partial charge is 0.298 e. The minimum Gasteiger partial charge on any atom is -0.490 e. The lowest BCUT2D eigenvalue weighted by Crippen LogP contribution is -2.15. The second kappa shape index (κ2) is 16.0. The topological polar surface area (TPSA) is 131 Å². The van der Waals surface area contributed by atoms with Gasteiger partial charge in [-0.05, 0) is 47.9 Å². The average molecular weight is 650 g/mol. The van der Waals surface area contributed by atoms with Crippen LogP contribution in [0.15, 0.2) is 78.1 Å². The van der Waals surface area contributed by atoms with E-state index in [4.69, 9.17) is 23.7 Å². The van der Waals surface area contributed by atoms with Crippen LogP contribution >= 0.6 is 0 Å². The van der Waals surface area contributed by atoms with Crippen LogP contribution < -0.4 is 9.47 Å². The first-order valence-electron chi connectivity index (χ1n) is 15.2. The van der Waals surface area contributed by atoms with Crippen molar-refractivity contribution in [2.24, 2.45) is 7.05 Å². The number of nitrogens with zero attached hydrogens (tertiary/aromatic N) is 3. The molecule has 5 aromatic rings. The van der Waals surface area contributed by atoms with Gasteiger partial charge in [-0.25, -0.2) is 4.98 Å². The van der Waals surface area contributed by atoms with Crippen LogP contribution in [0.2, 0.25) is 0 Å². The monoisotopic (exact) mass is 649 g/mol. The molecule has 0 bridgehead atoms. The van der Waals surface area contributed by atoms with E-state index in [0.717, 1.165) is 46.0 Å². The second-order valence-electron chi connectivity index (χ2n) is 10.6. The van der Waals surface area contributed by atoms with Gasteiger partial charge < -0.3 is 28.3 Å². The highest BCUT2D eigenvalue weighted by molar-refractivity contribution is 7.86. The van der Waals surface area contributed by atoms with Crippen molar-refractivity contribution in [3.63, 3.8) is 0 Å². The minimum atomic E-state index is -4.38. The van der Waals surface area contributed by atoms with Crippen molar-refractivity contribution < 1.29 is 36.7 Å². The van der Waals surface area contributed by atoms with Crippen molar-refractivity contribution in [2.45, 2.75) is 24.7 Å². The summed E-state index contributed by atoms with van der Waals surface area (Å²) < 4.78 is 62.8. The first-order valence-corrected chi connectivity index (χ1v) is 16.7. The fourth-order valence-corrected chi connectivity index (χ4v) is 5.76. The Kier molecular flexibility index (Phi) is 11.6. The van der Waals surface area contributed by atoms with E-state index in [1.54, 1.807) is 12.1 Å². The lowest BCUT2D eigenvalue weighted by atomic mass is 10.1. The molecule has 0 spiro atoms. The Hall–Kier alpha value is -4.07. The van der Waals surface area contributed by atoms with Gasteiger partial charge >= 0.3 is 0 Å². The van der Waals surface area contributed by atoms with Crippen LogP contribution in [0.3, 0.4) is 0 Å². The molecule has 0 unspecified atom stereocenters. The Morgan fingerprint density at radius 3 is 2.11 bits per heavy atom. The van der Waals surface area contributed by atoms with Crippen molar-refractivity contribution >= 4 is 31.9 Å². The molecule has 0 amide bonds. The average Bonchev–Trinajstić information content (AvgIpc) is 3.34. The normalized spacial score (nSPS) is 11.8. The van der Waals surface area contributed by atoms with Crippen molar-refractivity contribution in [2.75, 3.05) is 52.9 Å². The molecule has 3 heterocycles. The summed E-state index contributed by atoms with van der Waals surface area (Å²) in [5, 5.41) is 2.31. The standard InChI is InChI=1S/C34H39N3O8S/c1-3-4-25-5-9-33(46(38,39)40)32(21-25)44-19-17-42-15-13-41-14-16-43-18-20-45-34-10-7-27(23-36-34)26-6-8-28-29-24-35-12-11-30(29)37(2)31(28)22-26/h5-12,21-24H,3-4,13-20H2,1-2H3,(H,38,39,40). The molecule has 0 aliphatic rings. The van der Waals surface area contributed by atoms with Crippen LogP contribution in [0, 0.1) is 0 Å². The fourth-order valence-electron chi connectivity index (χ4n) is 5.15. The first-order chi connectivity index (χ1) is 22.3. The predicted octanol–water partition coefficient (Wildman–Crippen LogP) is 5.50. The van der Waals surface area contributed by atoms with Gasteiger partial charge in [0.15, 0.2) is 0 Å². The predicted molar refractivity (Wildman–Crippen MR) is 175 cm³/mol. The van der Waals surface area contributed by atoms with E-state index in [0.29, 0.717) is 45.5 Å². The lowest BCUT2D eigenvalue weighted by Gasteiger charge is -2.12. The molecular weight excluding hydrogens is 610 g/mol. The molecule has 244 valence electrons. The van der Waals surface area contributed by atoms with Crippen LogP contribution in [0.4, 0.5) is 0 Å². The van der Waals surface area contributed by atoms with Gasteiger partial charge in [0.2, 0.25) is 5.88 Å². The number of pyridine rings is 2. The van der Waals surface area contributed by atoms with Crippen molar-refractivity contribution in [1.82, 2.24) is 14.5 Å². The molecule has 0 aliphatic heterocycles. The summed E-state index contributed by atoms with van der Waals surface area (Å²) in [4.78, 5) is 8.47. The molecule has 12 heteroatoms. The number of benzene rings is 2. The van der Waals surface area contributed by atoms with E-state index in [2.05, 4.69) is 39.8 Å². The molecule has 0 radical (unpaired) electrons.